The molecule has 0 spiro atoms. The van der Waals surface area contributed by atoms with Crippen molar-refractivity contribution < 1.29 is 49.1 Å². The Labute approximate surface area is 260 Å². The monoisotopic (exact) mass is 686 g/mol. The van der Waals surface area contributed by atoms with Crippen LogP contribution in [0.3, 0.4) is 0 Å². The van der Waals surface area contributed by atoms with Gasteiger partial charge in [-0.15, -0.1) is 11.3 Å². The number of carbonyl (C=O) groups excluding carboxylic acids is 2. The van der Waals surface area contributed by atoms with Crippen molar-refractivity contribution in [1.82, 2.24) is 15.0 Å². The van der Waals surface area contributed by atoms with Gasteiger partial charge in [-0.3, -0.25) is 14.8 Å². The van der Waals surface area contributed by atoms with Crippen LogP contribution in [-0.4, -0.2) is 48.0 Å². The van der Waals surface area contributed by atoms with Crippen LogP contribution < -0.4 is 15.8 Å². The first-order valence-corrected chi connectivity index (χ1v) is 15.0. The second-order valence-electron chi connectivity index (χ2n) is 9.05. The van der Waals surface area contributed by atoms with Crippen LogP contribution >= 0.6 is 11.3 Å². The molecule has 0 unspecified atom stereocenters. The Bertz CT molecular complexity index is 1930. The SMILES string of the molecule is C=C(OC(=O)C(F)(F)F)C(=O)Nc1nccc(-c2sc(CCCN)nc2-c2cccc(NS(=O)(=O)c3cc(F)ccc3F)c2F)n1. The number of alkyl halides is 3. The van der Waals surface area contributed by atoms with E-state index in [4.69, 9.17) is 5.73 Å². The third-order valence-corrected chi connectivity index (χ3v) is 8.28. The van der Waals surface area contributed by atoms with E-state index in [-0.39, 0.29) is 21.8 Å². The molecular weight excluding hydrogens is 666 g/mol. The zero-order valence-corrected chi connectivity index (χ0v) is 24.6. The van der Waals surface area contributed by atoms with Crippen molar-refractivity contribution in [1.29, 1.82) is 0 Å². The van der Waals surface area contributed by atoms with Gasteiger partial charge < -0.3 is 10.5 Å². The highest BCUT2D eigenvalue weighted by Crippen LogP contribution is 2.39. The highest BCUT2D eigenvalue weighted by molar-refractivity contribution is 7.92. The lowest BCUT2D eigenvalue weighted by Crippen LogP contribution is -2.28. The van der Waals surface area contributed by atoms with Crippen LogP contribution in [0, 0.1) is 17.5 Å². The van der Waals surface area contributed by atoms with E-state index in [0.29, 0.717) is 42.6 Å². The molecule has 0 radical (unpaired) electrons. The van der Waals surface area contributed by atoms with E-state index in [2.05, 4.69) is 26.3 Å². The number of thiazole rings is 1. The van der Waals surface area contributed by atoms with E-state index in [9.17, 15) is 40.0 Å². The summed E-state index contributed by atoms with van der Waals surface area (Å²) in [4.78, 5) is 34.8. The van der Waals surface area contributed by atoms with Gasteiger partial charge in [-0.1, -0.05) is 12.6 Å². The van der Waals surface area contributed by atoms with Crippen molar-refractivity contribution in [2.45, 2.75) is 23.9 Å². The van der Waals surface area contributed by atoms with Crippen molar-refractivity contribution in [3.8, 4) is 21.8 Å². The van der Waals surface area contributed by atoms with Gasteiger partial charge >= 0.3 is 12.1 Å². The van der Waals surface area contributed by atoms with Crippen LogP contribution in [0.1, 0.15) is 11.4 Å². The zero-order chi connectivity index (χ0) is 33.8. The van der Waals surface area contributed by atoms with E-state index in [0.717, 1.165) is 23.6 Å². The van der Waals surface area contributed by atoms with Crippen LogP contribution in [0.4, 0.5) is 38.0 Å². The second-order valence-corrected chi connectivity index (χ2v) is 11.8. The van der Waals surface area contributed by atoms with Gasteiger partial charge in [-0.2, -0.15) is 13.2 Å². The molecule has 0 atom stereocenters. The standard InChI is InChI=1S/C27H20F6N6O5S2/c1-13(44-25(41)27(31,32)33)24(40)38-26-35-11-9-18(36-26)23-22(37-20(45-23)6-3-10-34)15-4-2-5-17(21(15)30)39-46(42,43)19-12-14(28)7-8-16(19)29/h2,4-5,7-9,11-12,39H,1,3,6,10,34H2,(H,35,36,38,40). The Morgan fingerprint density at radius 2 is 1.80 bits per heavy atom. The van der Waals surface area contributed by atoms with Gasteiger partial charge in [-0.25, -0.2) is 41.3 Å². The Morgan fingerprint density at radius 3 is 2.50 bits per heavy atom. The van der Waals surface area contributed by atoms with Gasteiger partial charge in [0.25, 0.3) is 15.9 Å². The summed E-state index contributed by atoms with van der Waals surface area (Å²) in [6.45, 7) is 3.27. The van der Waals surface area contributed by atoms with Gasteiger partial charge in [0.1, 0.15) is 16.5 Å². The highest BCUT2D eigenvalue weighted by Gasteiger charge is 2.42. The average Bonchev–Trinajstić information content (AvgIpc) is 3.41. The summed E-state index contributed by atoms with van der Waals surface area (Å²) in [5, 5.41) is 2.49. The number of hydrogen-bond acceptors (Lipinski definition) is 10. The molecule has 4 N–H and O–H groups in total. The first-order chi connectivity index (χ1) is 21.6. The molecule has 242 valence electrons. The summed E-state index contributed by atoms with van der Waals surface area (Å²) >= 11 is 1.04. The smallest absolute Gasteiger partial charge is 0.415 e. The number of benzene rings is 2. The molecule has 0 aliphatic carbocycles. The van der Waals surface area contributed by atoms with Crippen molar-refractivity contribution in [3.05, 3.63) is 83.5 Å². The van der Waals surface area contributed by atoms with Crippen molar-refractivity contribution in [3.63, 3.8) is 0 Å². The molecule has 2 aromatic heterocycles. The van der Waals surface area contributed by atoms with Gasteiger partial charge in [0.2, 0.25) is 5.95 Å². The number of halogens is 6. The number of nitrogens with two attached hydrogens (primary N) is 1. The quantitative estimate of drug-likeness (QED) is 0.0858. The van der Waals surface area contributed by atoms with Crippen LogP contribution in [0.25, 0.3) is 21.8 Å². The third kappa shape index (κ3) is 7.85. The average molecular weight is 687 g/mol. The molecule has 0 bridgehead atoms. The van der Waals surface area contributed by atoms with Gasteiger partial charge in [0.15, 0.2) is 11.6 Å². The number of nitrogens with one attached hydrogen (secondary N) is 2. The number of esters is 1. The van der Waals surface area contributed by atoms with Crippen molar-refractivity contribution in [2.24, 2.45) is 5.73 Å². The minimum Gasteiger partial charge on any atom is -0.415 e. The maximum atomic E-state index is 15.9. The van der Waals surface area contributed by atoms with E-state index < -0.39 is 67.8 Å². The molecule has 0 aliphatic rings. The minimum absolute atomic E-state index is 0.0352. The normalized spacial score (nSPS) is 11.6. The molecular formula is C27H20F6N6O5S2. The fourth-order valence-corrected chi connectivity index (χ4v) is 5.93. The predicted octanol–water partition coefficient (Wildman–Crippen LogP) is 4.93. The van der Waals surface area contributed by atoms with E-state index in [1.54, 1.807) is 0 Å². The summed E-state index contributed by atoms with van der Waals surface area (Å²) in [6.07, 6.45) is -3.40. The van der Waals surface area contributed by atoms with E-state index in [1.807, 2.05) is 10.0 Å². The summed E-state index contributed by atoms with van der Waals surface area (Å²) in [7, 11) is -4.80. The summed E-state index contributed by atoms with van der Waals surface area (Å²) in [6, 6.07) is 6.68. The fourth-order valence-electron chi connectivity index (χ4n) is 3.69. The summed E-state index contributed by atoms with van der Waals surface area (Å²) < 4.78 is 113. The first-order valence-electron chi connectivity index (χ1n) is 12.7. The molecule has 11 nitrogen and oxygen atoms in total. The van der Waals surface area contributed by atoms with Gasteiger partial charge in [-0.05, 0) is 49.4 Å². The van der Waals surface area contributed by atoms with Gasteiger partial charge in [0.05, 0.1) is 27.0 Å². The molecule has 0 saturated carbocycles. The summed E-state index contributed by atoms with van der Waals surface area (Å²) in [5.74, 6) is -9.15. The number of sulfonamides is 1. The number of hydrogen-bond donors (Lipinski definition) is 3. The Kier molecular flexibility index (Phi) is 10.1. The number of rotatable bonds is 11. The molecule has 2 heterocycles. The molecule has 2 aromatic carbocycles. The maximum absolute atomic E-state index is 15.9. The molecule has 19 heteroatoms. The number of carbonyl (C=O) groups is 2. The van der Waals surface area contributed by atoms with Crippen LogP contribution in [0.5, 0.6) is 0 Å². The molecule has 0 aliphatic heterocycles. The lowest BCUT2D eigenvalue weighted by Gasteiger charge is -2.12. The van der Waals surface area contributed by atoms with Crippen LogP contribution in [0.15, 0.2) is 65.9 Å². The van der Waals surface area contributed by atoms with Crippen LogP contribution in [-0.2, 0) is 30.8 Å². The second kappa shape index (κ2) is 13.6. The van der Waals surface area contributed by atoms with Gasteiger partial charge in [0, 0.05) is 18.2 Å². The molecule has 4 aromatic rings. The number of nitrogens with zero attached hydrogens (tertiary/aromatic N) is 3. The largest absolute Gasteiger partial charge is 0.491 e. The van der Waals surface area contributed by atoms with Crippen molar-refractivity contribution >= 4 is 44.9 Å². The Hall–Kier alpha value is -4.88. The number of ether oxygens (including phenoxy) is 1. The number of anilines is 2. The third-order valence-electron chi connectivity index (χ3n) is 5.76. The molecule has 46 heavy (non-hydrogen) atoms. The Morgan fingerprint density at radius 1 is 1.07 bits per heavy atom. The molecule has 4 rings (SSSR count). The number of aromatic nitrogens is 3. The van der Waals surface area contributed by atoms with Crippen molar-refractivity contribution in [2.75, 3.05) is 16.6 Å². The predicted molar refractivity (Wildman–Crippen MR) is 153 cm³/mol. The van der Waals surface area contributed by atoms with E-state index >= 15 is 4.39 Å². The lowest BCUT2D eigenvalue weighted by atomic mass is 10.1. The fraction of sp³-hybridized carbons (Fsp3) is 0.148. The minimum atomic E-state index is -5.38. The Balaban J connectivity index is 1.70. The summed E-state index contributed by atoms with van der Waals surface area (Å²) in [5.41, 5.74) is 4.75. The molecule has 0 saturated heterocycles. The number of aryl methyl sites for hydroxylation is 1. The number of amides is 1. The first kappa shape index (κ1) is 34.0. The highest BCUT2D eigenvalue weighted by atomic mass is 32.2. The molecule has 0 fully saturated rings. The van der Waals surface area contributed by atoms with E-state index in [1.165, 1.54) is 18.2 Å². The lowest BCUT2D eigenvalue weighted by molar-refractivity contribution is -0.195. The molecule has 1 amide bonds. The topological polar surface area (TPSA) is 166 Å². The zero-order valence-electron chi connectivity index (χ0n) is 23.0. The van der Waals surface area contributed by atoms with Crippen LogP contribution in [0.2, 0.25) is 0 Å². The maximum Gasteiger partial charge on any atom is 0.491 e.